The molecular weight excluding hydrogens is 775 g/mol. The van der Waals surface area contributed by atoms with Crippen molar-refractivity contribution in [2.45, 2.75) is 73.8 Å². The summed E-state index contributed by atoms with van der Waals surface area (Å²) < 4.78 is 81.4. The van der Waals surface area contributed by atoms with Crippen molar-refractivity contribution < 1.29 is 33.8 Å². The quantitative estimate of drug-likeness (QED) is 0.119. The summed E-state index contributed by atoms with van der Waals surface area (Å²) in [6.45, 7) is 9.16. The summed E-state index contributed by atoms with van der Waals surface area (Å²) in [6, 6.07) is 24.3. The minimum Gasteiger partial charge on any atom is -0.305 e. The average Bonchev–Trinajstić information content (AvgIpc) is 3.49. The predicted octanol–water partition coefficient (Wildman–Crippen LogP) is 10.4. The van der Waals surface area contributed by atoms with Gasteiger partial charge in [0.25, 0.3) is 0 Å². The van der Waals surface area contributed by atoms with Gasteiger partial charge in [0, 0.05) is 51.9 Å². The third-order valence-corrected chi connectivity index (χ3v) is 10.2. The van der Waals surface area contributed by atoms with Gasteiger partial charge in [-0.15, -0.1) is 59.7 Å². The molecule has 0 saturated carbocycles. The summed E-state index contributed by atoms with van der Waals surface area (Å²) in [5.41, 5.74) is 3.46. The van der Waals surface area contributed by atoms with Crippen LogP contribution in [0, 0.1) is 37.7 Å². The number of aryl methyl sites for hydroxylation is 2. The molecule has 1 radical (unpaired) electrons. The number of aromatic nitrogens is 3. The second-order valence-corrected chi connectivity index (χ2v) is 18.6. The van der Waals surface area contributed by atoms with Crippen LogP contribution in [0.4, 0.5) is 0 Å². The number of rotatable bonds is 7. The van der Waals surface area contributed by atoms with Crippen LogP contribution < -0.4 is 5.19 Å². The molecule has 0 N–H and O–H groups in total. The zero-order valence-electron chi connectivity index (χ0n) is 37.2. The van der Waals surface area contributed by atoms with Crippen molar-refractivity contribution in [1.82, 2.24) is 15.0 Å². The number of hydrogen-bond acceptors (Lipinski definition) is 4. The Balaban J connectivity index is 0.000000265. The van der Waals surface area contributed by atoms with Crippen molar-refractivity contribution in [2.24, 2.45) is 11.8 Å². The molecule has 6 rings (SSSR count). The fourth-order valence-corrected chi connectivity index (χ4v) is 7.60. The number of nitrogens with zero attached hydrogens (tertiary/aromatic N) is 3. The number of thiophene rings is 1. The molecule has 0 unspecified atom stereocenters. The fourth-order valence-electron chi connectivity index (χ4n) is 5.02. The van der Waals surface area contributed by atoms with E-state index in [-0.39, 0.29) is 42.8 Å². The molecule has 0 fully saturated rings. The zero-order chi connectivity index (χ0) is 40.9. The standard InChI is InChI=1S/C22H21N2S.C18H24NSi.Ir/c1-13(2)10-16-11-20(23-12-14(16)3)19-7-5-6-17-18-9-8-15(4)24-22(18)25-21(17)19;1-14(2)11-16-12-17(15-9-7-6-8-10-15)19-13-18(16)20(3,4)5;/h5-6,8-9,11-13H,10H2,1-4H3;6-9,12-14H,11H2,1-5H3;/q2*-1;/i3D3,4D3,10D2;11D2;. The molecule has 6 aromatic rings. The van der Waals surface area contributed by atoms with Crippen LogP contribution in [0.5, 0.6) is 0 Å². The summed E-state index contributed by atoms with van der Waals surface area (Å²) >= 11 is 1.31. The van der Waals surface area contributed by atoms with Crippen molar-refractivity contribution in [3.63, 3.8) is 0 Å². The van der Waals surface area contributed by atoms with Crippen LogP contribution >= 0.6 is 11.3 Å². The minimum atomic E-state index is -2.51. The topological polar surface area (TPSA) is 38.7 Å². The van der Waals surface area contributed by atoms with E-state index in [0.717, 1.165) is 37.5 Å². The van der Waals surface area contributed by atoms with Crippen LogP contribution in [-0.2, 0) is 32.9 Å². The van der Waals surface area contributed by atoms with Gasteiger partial charge in [-0.2, -0.15) is 11.3 Å². The third-order valence-electron chi connectivity index (χ3n) is 7.04. The summed E-state index contributed by atoms with van der Waals surface area (Å²) in [5.74, 6) is -0.543. The van der Waals surface area contributed by atoms with E-state index in [1.165, 1.54) is 29.7 Å². The van der Waals surface area contributed by atoms with Gasteiger partial charge in [-0.05, 0) is 76.6 Å². The van der Waals surface area contributed by atoms with Crippen LogP contribution in [0.25, 0.3) is 42.8 Å². The molecule has 2 aromatic carbocycles. The van der Waals surface area contributed by atoms with Gasteiger partial charge < -0.3 is 9.97 Å². The van der Waals surface area contributed by atoms with Gasteiger partial charge in [0.15, 0.2) is 0 Å². The molecular formula is C40H45IrN3SSi-2. The maximum Gasteiger partial charge on any atom is 0.113 e. The molecule has 46 heavy (non-hydrogen) atoms. The smallest absolute Gasteiger partial charge is 0.113 e. The van der Waals surface area contributed by atoms with Crippen molar-refractivity contribution in [1.29, 1.82) is 0 Å². The van der Waals surface area contributed by atoms with E-state index in [9.17, 15) is 0 Å². The maximum absolute atomic E-state index is 8.55. The summed E-state index contributed by atoms with van der Waals surface area (Å²) in [7, 11) is -1.67. The van der Waals surface area contributed by atoms with Crippen LogP contribution in [0.3, 0.4) is 0 Å². The Morgan fingerprint density at radius 2 is 1.57 bits per heavy atom. The van der Waals surface area contributed by atoms with Crippen LogP contribution in [0.1, 0.15) is 63.8 Å². The summed E-state index contributed by atoms with van der Waals surface area (Å²) in [5, 5.41) is 2.75. The van der Waals surface area contributed by atoms with Crippen LogP contribution in [0.15, 0.2) is 73.1 Å². The van der Waals surface area contributed by atoms with E-state index < -0.39 is 40.4 Å². The van der Waals surface area contributed by atoms with Gasteiger partial charge in [-0.25, -0.2) is 4.98 Å². The average molecular weight is 830 g/mol. The molecule has 0 aliphatic rings. The van der Waals surface area contributed by atoms with Gasteiger partial charge in [-0.3, -0.25) is 0 Å². The van der Waals surface area contributed by atoms with Crippen LogP contribution in [-0.4, -0.2) is 23.0 Å². The second-order valence-electron chi connectivity index (χ2n) is 12.6. The third kappa shape index (κ3) is 8.46. The van der Waals surface area contributed by atoms with Gasteiger partial charge in [0.2, 0.25) is 0 Å². The first-order valence-corrected chi connectivity index (χ1v) is 19.4. The molecule has 0 saturated heterocycles. The van der Waals surface area contributed by atoms with Crippen molar-refractivity contribution in [3.8, 4) is 22.5 Å². The first kappa shape index (κ1) is 24.2. The second kappa shape index (κ2) is 15.3. The van der Waals surface area contributed by atoms with Gasteiger partial charge in [-0.1, -0.05) is 82.0 Å². The summed E-state index contributed by atoms with van der Waals surface area (Å²) in [4.78, 5) is 13.8. The number of fused-ring (bicyclic) bond motifs is 3. The van der Waals surface area contributed by atoms with Crippen LogP contribution in [0.2, 0.25) is 19.6 Å². The molecule has 4 heterocycles. The Labute approximate surface area is 308 Å². The minimum absolute atomic E-state index is 0. The first-order valence-electron chi connectivity index (χ1n) is 20.1. The molecule has 3 nitrogen and oxygen atoms in total. The monoisotopic (exact) mass is 830 g/mol. The number of hydrogen-bond donors (Lipinski definition) is 0. The number of pyridine rings is 3. The zero-order valence-corrected chi connectivity index (χ0v) is 31.4. The van der Waals surface area contributed by atoms with E-state index in [4.69, 9.17) is 13.7 Å². The van der Waals surface area contributed by atoms with E-state index in [0.29, 0.717) is 16.1 Å². The fraction of sp³-hybridized carbons (Fsp3) is 0.325. The molecule has 0 aliphatic carbocycles. The Morgan fingerprint density at radius 3 is 2.24 bits per heavy atom. The predicted molar refractivity (Wildman–Crippen MR) is 197 cm³/mol. The number of benzene rings is 2. The Hall–Kier alpha value is -3.02. The molecule has 0 amide bonds. The molecule has 241 valence electrons. The SMILES string of the molecule is [2H]C([2H])([2H])c1ccc2c(n1)sc1c(-c3cc(C([2H])([2H])C(C)C)c(C([2H])([2H])[2H])cn3)[c-]ccc12.[2H]C([2H])(c1cc(-c2[c-]cccc2)ncc1[Si](C)(C)C)C(C)C.[Ir]. The van der Waals surface area contributed by atoms with Gasteiger partial charge in [0.05, 0.1) is 8.07 Å². The van der Waals surface area contributed by atoms with E-state index in [2.05, 4.69) is 46.7 Å². The first-order chi connectivity index (χ1) is 25.3. The molecule has 0 aliphatic heterocycles. The molecule has 0 spiro atoms. The Morgan fingerprint density at radius 1 is 0.826 bits per heavy atom. The Bertz CT molecular complexity index is 2320. The Kier molecular flexibility index (Phi) is 8.01. The van der Waals surface area contributed by atoms with Gasteiger partial charge >= 0.3 is 0 Å². The largest absolute Gasteiger partial charge is 0.305 e. The maximum atomic E-state index is 8.55. The normalized spacial score (nSPS) is 15.9. The van der Waals surface area contributed by atoms with E-state index in [1.54, 1.807) is 26.0 Å². The molecule has 4 aromatic heterocycles. The van der Waals surface area contributed by atoms with Gasteiger partial charge in [0.1, 0.15) is 4.83 Å². The van der Waals surface area contributed by atoms with Crippen molar-refractivity contribution in [3.05, 3.63) is 108 Å². The van der Waals surface area contributed by atoms with Crippen molar-refractivity contribution >= 4 is 44.9 Å². The summed E-state index contributed by atoms with van der Waals surface area (Å²) in [6.07, 6.45) is -0.130. The van der Waals surface area contributed by atoms with Crippen molar-refractivity contribution in [2.75, 3.05) is 0 Å². The molecule has 6 heteroatoms. The van der Waals surface area contributed by atoms with E-state index >= 15 is 0 Å². The van der Waals surface area contributed by atoms with E-state index in [1.807, 2.05) is 56.4 Å². The molecule has 0 bridgehead atoms. The molecule has 0 atom stereocenters.